The van der Waals surface area contributed by atoms with E-state index in [0.717, 1.165) is 12.4 Å². The van der Waals surface area contributed by atoms with E-state index < -0.39 is 0 Å². The highest BCUT2D eigenvalue weighted by molar-refractivity contribution is 5.46. The lowest BCUT2D eigenvalue weighted by molar-refractivity contribution is -0.296. The minimum Gasteiger partial charge on any atom is -0.378 e. The largest absolute Gasteiger partial charge is 0.378 e. The van der Waals surface area contributed by atoms with E-state index in [1.54, 1.807) is 13.4 Å². The molecule has 2 aliphatic heterocycles. The summed E-state index contributed by atoms with van der Waals surface area (Å²) in [6.45, 7) is 5.38. The molecule has 0 atom stereocenters. The Morgan fingerprint density at radius 3 is 2.78 bits per heavy atom. The van der Waals surface area contributed by atoms with Crippen molar-refractivity contribution >= 4 is 5.82 Å². The maximum atomic E-state index is 5.69. The van der Waals surface area contributed by atoms with Crippen molar-refractivity contribution in [3.8, 4) is 0 Å². The van der Waals surface area contributed by atoms with Crippen LogP contribution in [0.3, 0.4) is 0 Å². The van der Waals surface area contributed by atoms with Crippen LogP contribution >= 0.6 is 0 Å². The van der Waals surface area contributed by atoms with Crippen molar-refractivity contribution in [1.82, 2.24) is 9.97 Å². The lowest BCUT2D eigenvalue weighted by Gasteiger charge is -2.47. The highest BCUT2D eigenvalue weighted by atomic mass is 35.5. The van der Waals surface area contributed by atoms with Gasteiger partial charge in [-0.2, -0.15) is 4.98 Å². The Labute approximate surface area is 112 Å². The molecule has 5 heteroatoms. The molecule has 0 aromatic carbocycles. The third kappa shape index (κ3) is 1.55. The van der Waals surface area contributed by atoms with Gasteiger partial charge in [-0.1, -0.05) is 0 Å². The van der Waals surface area contributed by atoms with Crippen LogP contribution in [0, 0.1) is 17.0 Å². The fourth-order valence-corrected chi connectivity index (χ4v) is 3.45. The number of hydrogen-bond acceptors (Lipinski definition) is 4. The van der Waals surface area contributed by atoms with Gasteiger partial charge in [0.1, 0.15) is 12.1 Å². The fraction of sp³-hybridized carbons (Fsp3) is 0.692. The standard InChI is InChI=1S/C13H19ClN3O/c1-12(2,18-3)13-5-9(6-13)17(7-13)11-4-10(14)15-8-16-11/h4,8-9,14H,5-7H2,1-3H3/q+1. The third-order valence-corrected chi connectivity index (χ3v) is 5.10. The zero-order valence-corrected chi connectivity index (χ0v) is 11.8. The number of anilines is 1. The zero-order chi connectivity index (χ0) is 13.0. The topological polar surface area (TPSA) is 38.2 Å². The van der Waals surface area contributed by atoms with Crippen LogP contribution in [-0.4, -0.2) is 35.3 Å². The number of halogens is 1. The average molecular weight is 269 g/mol. The molecule has 4 nitrogen and oxygen atoms in total. The Morgan fingerprint density at radius 1 is 1.44 bits per heavy atom. The summed E-state index contributed by atoms with van der Waals surface area (Å²) < 4.78 is 5.69. The quantitative estimate of drug-likeness (QED) is 0.780. The number of fused-ring (bicyclic) bond motifs is 1. The van der Waals surface area contributed by atoms with Gasteiger partial charge >= 0.3 is 5.15 Å². The van der Waals surface area contributed by atoms with Crippen LogP contribution < -0.4 is 4.90 Å². The molecule has 4 rings (SSSR count). The van der Waals surface area contributed by atoms with Gasteiger partial charge in [-0.15, -0.1) is 0 Å². The molecule has 1 saturated carbocycles. The number of nitrogens with zero attached hydrogens (tertiary/aromatic N) is 3. The first-order valence-corrected chi connectivity index (χ1v) is 6.69. The molecule has 3 aliphatic rings. The number of ether oxygens (including phenoxy) is 1. The molecular weight excluding hydrogens is 250 g/mol. The SMILES string of the molecule is COC(C)(C)C12CC(C1)N(c1cc([ClH+])ncn1)C2. The third-order valence-electron chi connectivity index (χ3n) is 4.88. The predicted octanol–water partition coefficient (Wildman–Crippen LogP) is 1.57. The summed E-state index contributed by atoms with van der Waals surface area (Å²) in [6, 6.07) is 2.48. The molecule has 0 unspecified atom stereocenters. The second-order valence-electron chi connectivity index (χ2n) is 5.90. The van der Waals surface area contributed by atoms with Crippen LogP contribution in [0.25, 0.3) is 0 Å². The summed E-state index contributed by atoms with van der Waals surface area (Å²) >= 11 is 5.11. The minimum atomic E-state index is -0.0813. The van der Waals surface area contributed by atoms with Gasteiger partial charge in [0.2, 0.25) is 0 Å². The Hall–Kier alpha value is -0.870. The maximum Gasteiger partial charge on any atom is 0.323 e. The van der Waals surface area contributed by atoms with Crippen LogP contribution in [-0.2, 0) is 4.74 Å². The van der Waals surface area contributed by atoms with E-state index in [0.29, 0.717) is 11.2 Å². The van der Waals surface area contributed by atoms with Crippen molar-refractivity contribution in [2.75, 3.05) is 18.6 Å². The van der Waals surface area contributed by atoms with E-state index >= 15 is 0 Å². The molecule has 1 aromatic heterocycles. The number of aromatic nitrogens is 2. The molecule has 3 fully saturated rings. The molecule has 0 N–H and O–H groups in total. The number of hydrogen-bond donors (Lipinski definition) is 0. The van der Waals surface area contributed by atoms with Crippen molar-refractivity contribution in [2.24, 2.45) is 5.41 Å². The molecular formula is C13H19ClN3O+. The summed E-state index contributed by atoms with van der Waals surface area (Å²) in [7, 11) is 1.80. The highest BCUT2D eigenvalue weighted by Crippen LogP contribution is 2.59. The van der Waals surface area contributed by atoms with Gasteiger partial charge in [-0.05, 0) is 26.7 Å². The van der Waals surface area contributed by atoms with E-state index in [2.05, 4.69) is 28.7 Å². The van der Waals surface area contributed by atoms with Gasteiger partial charge in [0, 0.05) is 25.1 Å². The second kappa shape index (κ2) is 3.81. The molecule has 1 aliphatic carbocycles. The lowest BCUT2D eigenvalue weighted by atomic mass is 9.61. The van der Waals surface area contributed by atoms with Gasteiger partial charge in [-0.25, -0.2) is 4.98 Å². The molecule has 0 amide bonds. The smallest absolute Gasteiger partial charge is 0.323 e. The predicted molar refractivity (Wildman–Crippen MR) is 66.5 cm³/mol. The van der Waals surface area contributed by atoms with Crippen molar-refractivity contribution < 1.29 is 16.3 Å². The number of methoxy groups -OCH3 is 1. The Balaban J connectivity index is 1.85. The summed E-state index contributed by atoms with van der Waals surface area (Å²) in [6.07, 6.45) is 3.93. The summed E-state index contributed by atoms with van der Waals surface area (Å²) in [5.74, 6) is 0.964. The summed E-state index contributed by atoms with van der Waals surface area (Å²) in [5.41, 5.74) is 0.182. The van der Waals surface area contributed by atoms with Crippen LogP contribution in [0.1, 0.15) is 26.7 Å². The maximum absolute atomic E-state index is 5.69. The van der Waals surface area contributed by atoms with Gasteiger partial charge in [0.05, 0.1) is 11.7 Å². The normalized spacial score (nSPS) is 30.4. The first-order chi connectivity index (χ1) is 8.47. The van der Waals surface area contributed by atoms with E-state index in [1.165, 1.54) is 12.8 Å². The van der Waals surface area contributed by atoms with E-state index in [-0.39, 0.29) is 11.0 Å². The number of rotatable bonds is 3. The highest BCUT2D eigenvalue weighted by Gasteiger charge is 2.62. The van der Waals surface area contributed by atoms with Gasteiger partial charge in [0.25, 0.3) is 0 Å². The van der Waals surface area contributed by atoms with E-state index in [9.17, 15) is 0 Å². The van der Waals surface area contributed by atoms with Gasteiger partial charge in [-0.3, -0.25) is 0 Å². The van der Waals surface area contributed by atoms with Crippen molar-refractivity contribution in [2.45, 2.75) is 38.3 Å². The molecule has 3 heterocycles. The summed E-state index contributed by atoms with van der Waals surface area (Å²) in [5, 5.41) is 0.615. The van der Waals surface area contributed by atoms with E-state index in [1.807, 2.05) is 6.07 Å². The molecule has 98 valence electrons. The van der Waals surface area contributed by atoms with Crippen molar-refractivity contribution in [3.63, 3.8) is 0 Å². The summed E-state index contributed by atoms with van der Waals surface area (Å²) in [4.78, 5) is 10.7. The Kier molecular flexibility index (Phi) is 2.58. The van der Waals surface area contributed by atoms with Crippen molar-refractivity contribution in [3.05, 3.63) is 17.5 Å². The van der Waals surface area contributed by atoms with Gasteiger partial charge in [0.15, 0.2) is 11.6 Å². The molecule has 0 spiro atoms. The molecule has 2 saturated heterocycles. The van der Waals surface area contributed by atoms with Crippen LogP contribution in [0.4, 0.5) is 5.82 Å². The van der Waals surface area contributed by atoms with Crippen LogP contribution in [0.2, 0.25) is 5.15 Å². The molecule has 18 heavy (non-hydrogen) atoms. The lowest BCUT2D eigenvalue weighted by Crippen LogP contribution is -2.51. The van der Waals surface area contributed by atoms with Crippen molar-refractivity contribution in [1.29, 1.82) is 0 Å². The monoisotopic (exact) mass is 268 g/mol. The van der Waals surface area contributed by atoms with Gasteiger partial charge < -0.3 is 9.64 Å². The minimum absolute atomic E-state index is 0.0813. The zero-order valence-electron chi connectivity index (χ0n) is 11.0. The first kappa shape index (κ1) is 12.2. The van der Waals surface area contributed by atoms with E-state index in [4.69, 9.17) is 16.3 Å². The average Bonchev–Trinajstić information content (AvgIpc) is 2.84. The molecule has 2 bridgehead atoms. The second-order valence-corrected chi connectivity index (χ2v) is 6.32. The van der Waals surface area contributed by atoms with Crippen LogP contribution in [0.15, 0.2) is 12.4 Å². The molecule has 0 radical (unpaired) electrons. The Morgan fingerprint density at radius 2 is 2.17 bits per heavy atom. The first-order valence-electron chi connectivity index (χ1n) is 6.28. The fourth-order valence-electron chi connectivity index (χ4n) is 3.30. The van der Waals surface area contributed by atoms with Crippen LogP contribution in [0.5, 0.6) is 0 Å². The Bertz CT molecular complexity index is 471. The molecule has 1 aromatic rings.